The highest BCUT2D eigenvalue weighted by Crippen LogP contribution is 2.08. The minimum absolute atomic E-state index is 0.0395. The van der Waals surface area contributed by atoms with Crippen molar-refractivity contribution in [2.45, 2.75) is 6.92 Å². The first-order valence-corrected chi connectivity index (χ1v) is 4.35. The lowest BCUT2D eigenvalue weighted by Crippen LogP contribution is -2.15. The van der Waals surface area contributed by atoms with Gasteiger partial charge in [0.2, 0.25) is 0 Å². The van der Waals surface area contributed by atoms with Crippen LogP contribution in [0.5, 0.6) is 0 Å². The number of pyridine rings is 1. The lowest BCUT2D eigenvalue weighted by atomic mass is 10.2. The van der Waals surface area contributed by atoms with E-state index in [4.69, 9.17) is 5.26 Å². The van der Waals surface area contributed by atoms with Crippen LogP contribution < -0.4 is 5.32 Å². The molecule has 0 radical (unpaired) electrons. The first kappa shape index (κ1) is 11.0. The van der Waals surface area contributed by atoms with Crippen molar-refractivity contribution in [2.24, 2.45) is 0 Å². The number of anilines is 1. The molecule has 0 saturated heterocycles. The number of aryl methyl sites for hydroxylation is 1. The van der Waals surface area contributed by atoms with Gasteiger partial charge in [-0.2, -0.15) is 5.26 Å². The van der Waals surface area contributed by atoms with E-state index in [-0.39, 0.29) is 12.5 Å². The third-order valence-electron chi connectivity index (χ3n) is 1.72. The Hall–Kier alpha value is -2.09. The normalized spacial score (nSPS) is 9.13. The van der Waals surface area contributed by atoms with Crippen LogP contribution >= 0.6 is 0 Å². The first-order chi connectivity index (χ1) is 7.15. The van der Waals surface area contributed by atoms with Gasteiger partial charge in [0.25, 0.3) is 0 Å². The number of carbonyl (C=O) groups is 1. The van der Waals surface area contributed by atoms with E-state index in [2.05, 4.69) is 15.0 Å². The molecule has 1 rings (SSSR count). The maximum Gasteiger partial charge on any atom is 0.325 e. The Morgan fingerprint density at radius 2 is 2.40 bits per heavy atom. The zero-order valence-electron chi connectivity index (χ0n) is 8.57. The van der Waals surface area contributed by atoms with Crippen molar-refractivity contribution in [3.05, 3.63) is 23.4 Å². The van der Waals surface area contributed by atoms with E-state index in [9.17, 15) is 4.79 Å². The molecule has 1 aromatic heterocycles. The van der Waals surface area contributed by atoms with Crippen LogP contribution in [0.2, 0.25) is 0 Å². The summed E-state index contributed by atoms with van der Waals surface area (Å²) in [7, 11) is 1.31. The fourth-order valence-electron chi connectivity index (χ4n) is 1.06. The maximum atomic E-state index is 10.8. The molecule has 0 amide bonds. The van der Waals surface area contributed by atoms with Gasteiger partial charge in [0.1, 0.15) is 12.4 Å². The van der Waals surface area contributed by atoms with Crippen molar-refractivity contribution in [3.8, 4) is 6.07 Å². The van der Waals surface area contributed by atoms with E-state index in [0.29, 0.717) is 11.4 Å². The second-order valence-electron chi connectivity index (χ2n) is 2.92. The summed E-state index contributed by atoms with van der Waals surface area (Å²) >= 11 is 0. The summed E-state index contributed by atoms with van der Waals surface area (Å²) in [5.41, 5.74) is 1.23. The Morgan fingerprint density at radius 3 is 3.00 bits per heavy atom. The van der Waals surface area contributed by atoms with Gasteiger partial charge in [-0.1, -0.05) is 0 Å². The van der Waals surface area contributed by atoms with Crippen LogP contribution in [-0.4, -0.2) is 24.6 Å². The summed E-state index contributed by atoms with van der Waals surface area (Å²) in [5.74, 6) is 0.119. The fourth-order valence-corrected chi connectivity index (χ4v) is 1.06. The van der Waals surface area contributed by atoms with E-state index in [1.807, 2.05) is 6.07 Å². The van der Waals surface area contributed by atoms with Gasteiger partial charge < -0.3 is 10.1 Å². The molecule has 78 valence electrons. The van der Waals surface area contributed by atoms with E-state index in [1.165, 1.54) is 7.11 Å². The Morgan fingerprint density at radius 1 is 1.67 bits per heavy atom. The van der Waals surface area contributed by atoms with Gasteiger partial charge in [-0.15, -0.1) is 0 Å². The van der Waals surface area contributed by atoms with Crippen LogP contribution in [0.15, 0.2) is 12.1 Å². The van der Waals surface area contributed by atoms with E-state index in [1.54, 1.807) is 19.1 Å². The Kier molecular flexibility index (Phi) is 3.63. The monoisotopic (exact) mass is 205 g/mol. The van der Waals surface area contributed by atoms with Gasteiger partial charge in [-0.25, -0.2) is 4.98 Å². The molecule has 15 heavy (non-hydrogen) atoms. The molecule has 0 aliphatic rings. The van der Waals surface area contributed by atoms with Crippen LogP contribution in [0.3, 0.4) is 0 Å². The van der Waals surface area contributed by atoms with Crippen molar-refractivity contribution in [3.63, 3.8) is 0 Å². The number of carbonyl (C=O) groups excluding carboxylic acids is 1. The first-order valence-electron chi connectivity index (χ1n) is 4.35. The molecular formula is C10H11N3O2. The second-order valence-corrected chi connectivity index (χ2v) is 2.92. The van der Waals surface area contributed by atoms with Crippen molar-refractivity contribution < 1.29 is 9.53 Å². The molecule has 5 nitrogen and oxygen atoms in total. The van der Waals surface area contributed by atoms with Gasteiger partial charge in [-0.05, 0) is 19.1 Å². The van der Waals surface area contributed by atoms with Gasteiger partial charge >= 0.3 is 5.97 Å². The summed E-state index contributed by atoms with van der Waals surface area (Å²) in [5, 5.41) is 11.5. The summed E-state index contributed by atoms with van der Waals surface area (Å²) in [6.45, 7) is 1.82. The number of hydrogen-bond acceptors (Lipinski definition) is 5. The van der Waals surface area contributed by atoms with Gasteiger partial charge in [0, 0.05) is 5.69 Å². The maximum absolute atomic E-state index is 10.8. The molecule has 1 heterocycles. The summed E-state index contributed by atoms with van der Waals surface area (Å²) in [4.78, 5) is 15.0. The number of rotatable bonds is 3. The minimum Gasteiger partial charge on any atom is -0.468 e. The molecule has 0 aliphatic carbocycles. The van der Waals surface area contributed by atoms with Crippen molar-refractivity contribution in [1.29, 1.82) is 5.26 Å². The predicted molar refractivity (Wildman–Crippen MR) is 54.2 cm³/mol. The zero-order chi connectivity index (χ0) is 11.3. The van der Waals surface area contributed by atoms with E-state index in [0.717, 1.165) is 5.69 Å². The molecule has 0 spiro atoms. The van der Waals surface area contributed by atoms with Crippen LogP contribution in [-0.2, 0) is 9.53 Å². The van der Waals surface area contributed by atoms with E-state index < -0.39 is 0 Å². The minimum atomic E-state index is -0.378. The SMILES string of the molecule is COC(=O)CNc1cc(C#N)cc(C)n1. The molecular weight excluding hydrogens is 194 g/mol. The van der Waals surface area contributed by atoms with Gasteiger partial charge in [-0.3, -0.25) is 4.79 Å². The number of ether oxygens (including phenoxy) is 1. The second kappa shape index (κ2) is 4.96. The number of methoxy groups -OCH3 is 1. The average molecular weight is 205 g/mol. The molecule has 0 fully saturated rings. The lowest BCUT2D eigenvalue weighted by molar-refractivity contribution is -0.138. The van der Waals surface area contributed by atoms with Crippen molar-refractivity contribution in [1.82, 2.24) is 4.98 Å². The molecule has 1 aromatic rings. The number of hydrogen-bond donors (Lipinski definition) is 1. The fraction of sp³-hybridized carbons (Fsp3) is 0.300. The summed E-state index contributed by atoms with van der Waals surface area (Å²) in [6, 6.07) is 5.26. The lowest BCUT2D eigenvalue weighted by Gasteiger charge is -2.05. The predicted octanol–water partition coefficient (Wildman–Crippen LogP) is 0.847. The number of nitrogens with one attached hydrogen (secondary N) is 1. The largest absolute Gasteiger partial charge is 0.468 e. The molecule has 0 saturated carbocycles. The van der Waals surface area contributed by atoms with E-state index >= 15 is 0 Å². The average Bonchev–Trinajstić information content (AvgIpc) is 2.25. The number of nitrogens with zero attached hydrogens (tertiary/aromatic N) is 2. The van der Waals surface area contributed by atoms with Crippen LogP contribution in [0, 0.1) is 18.3 Å². The van der Waals surface area contributed by atoms with Crippen molar-refractivity contribution in [2.75, 3.05) is 19.0 Å². The number of aromatic nitrogens is 1. The van der Waals surface area contributed by atoms with Gasteiger partial charge in [0.05, 0.1) is 18.7 Å². The third kappa shape index (κ3) is 3.27. The molecule has 0 bridgehead atoms. The molecule has 5 heteroatoms. The molecule has 1 N–H and O–H groups in total. The molecule has 0 aromatic carbocycles. The van der Waals surface area contributed by atoms with Crippen molar-refractivity contribution >= 4 is 11.8 Å². The Bertz CT molecular complexity index is 410. The molecule has 0 aliphatic heterocycles. The number of esters is 1. The Labute approximate surface area is 87.7 Å². The molecule has 0 atom stereocenters. The topological polar surface area (TPSA) is 75.0 Å². The smallest absolute Gasteiger partial charge is 0.325 e. The van der Waals surface area contributed by atoms with Crippen LogP contribution in [0.1, 0.15) is 11.3 Å². The highest BCUT2D eigenvalue weighted by molar-refractivity contribution is 5.74. The van der Waals surface area contributed by atoms with Crippen LogP contribution in [0.25, 0.3) is 0 Å². The quantitative estimate of drug-likeness (QED) is 0.740. The summed E-state index contributed by atoms with van der Waals surface area (Å²) in [6.07, 6.45) is 0. The highest BCUT2D eigenvalue weighted by Gasteiger charge is 2.02. The molecule has 0 unspecified atom stereocenters. The number of nitriles is 1. The highest BCUT2D eigenvalue weighted by atomic mass is 16.5. The Balaban J connectivity index is 2.74. The van der Waals surface area contributed by atoms with Crippen LogP contribution in [0.4, 0.5) is 5.82 Å². The zero-order valence-corrected chi connectivity index (χ0v) is 8.57. The van der Waals surface area contributed by atoms with Gasteiger partial charge in [0.15, 0.2) is 0 Å². The third-order valence-corrected chi connectivity index (χ3v) is 1.72. The standard InChI is InChI=1S/C10H11N3O2/c1-7-3-8(5-11)4-9(13-7)12-6-10(14)15-2/h3-4H,6H2,1-2H3,(H,12,13). The summed E-state index contributed by atoms with van der Waals surface area (Å²) < 4.78 is 4.46.